The van der Waals surface area contributed by atoms with Crippen molar-refractivity contribution in [1.82, 2.24) is 9.78 Å². The molecular weight excluding hydrogens is 224 g/mol. The van der Waals surface area contributed by atoms with Crippen molar-refractivity contribution in [3.63, 3.8) is 0 Å². The maximum Gasteiger partial charge on any atom is 0.0829 e. The molecule has 2 rings (SSSR count). The second-order valence-corrected chi connectivity index (χ2v) is 4.75. The second-order valence-electron chi connectivity index (χ2n) is 4.75. The lowest BCUT2D eigenvalue weighted by Gasteiger charge is -2.11. The summed E-state index contributed by atoms with van der Waals surface area (Å²) in [4.78, 5) is 0. The Kier molecular flexibility index (Phi) is 3.82. The van der Waals surface area contributed by atoms with Crippen molar-refractivity contribution in [1.29, 1.82) is 0 Å². The van der Waals surface area contributed by atoms with Crippen LogP contribution in [0.4, 0.5) is 0 Å². The molecule has 1 aromatic carbocycles. The lowest BCUT2D eigenvalue weighted by molar-refractivity contribution is 0.166. The Morgan fingerprint density at radius 1 is 1.22 bits per heavy atom. The van der Waals surface area contributed by atoms with Crippen molar-refractivity contribution in [2.75, 3.05) is 0 Å². The highest BCUT2D eigenvalue weighted by molar-refractivity contribution is 5.27. The predicted molar refractivity (Wildman–Crippen MR) is 72.4 cm³/mol. The van der Waals surface area contributed by atoms with Crippen LogP contribution in [0.25, 0.3) is 0 Å². The molecule has 0 bridgehead atoms. The molecule has 3 heteroatoms. The standard InChI is InChI=1S/C15H20N2O/c1-11-15(12(2)17(3)16-11)14(18)10-9-13-7-5-4-6-8-13/h4-8,14,18H,9-10H2,1-3H3. The van der Waals surface area contributed by atoms with Crippen LogP contribution in [0.15, 0.2) is 30.3 Å². The minimum atomic E-state index is -0.432. The summed E-state index contributed by atoms with van der Waals surface area (Å²) < 4.78 is 1.83. The van der Waals surface area contributed by atoms with Gasteiger partial charge >= 0.3 is 0 Å². The first kappa shape index (κ1) is 12.8. The molecule has 0 aliphatic carbocycles. The quantitative estimate of drug-likeness (QED) is 0.898. The van der Waals surface area contributed by atoms with E-state index in [4.69, 9.17) is 0 Å². The van der Waals surface area contributed by atoms with E-state index in [-0.39, 0.29) is 0 Å². The Morgan fingerprint density at radius 2 is 1.89 bits per heavy atom. The fraction of sp³-hybridized carbons (Fsp3) is 0.400. The van der Waals surface area contributed by atoms with Crippen molar-refractivity contribution in [3.05, 3.63) is 52.8 Å². The van der Waals surface area contributed by atoms with Gasteiger partial charge in [0.2, 0.25) is 0 Å². The lowest BCUT2D eigenvalue weighted by Crippen LogP contribution is -2.03. The summed E-state index contributed by atoms with van der Waals surface area (Å²) in [6, 6.07) is 10.3. The number of hydrogen-bond acceptors (Lipinski definition) is 2. The van der Waals surface area contributed by atoms with Gasteiger partial charge < -0.3 is 5.11 Å². The van der Waals surface area contributed by atoms with Crippen LogP contribution in [0.5, 0.6) is 0 Å². The number of aromatic nitrogens is 2. The predicted octanol–water partition coefficient (Wildman–Crippen LogP) is 2.70. The topological polar surface area (TPSA) is 38.0 Å². The van der Waals surface area contributed by atoms with Crippen LogP contribution >= 0.6 is 0 Å². The minimum Gasteiger partial charge on any atom is -0.388 e. The molecule has 1 aromatic heterocycles. The zero-order valence-corrected chi connectivity index (χ0v) is 11.2. The van der Waals surface area contributed by atoms with Crippen LogP contribution in [-0.2, 0) is 13.5 Å². The van der Waals surface area contributed by atoms with Gasteiger partial charge in [0.1, 0.15) is 0 Å². The summed E-state index contributed by atoms with van der Waals surface area (Å²) in [5, 5.41) is 14.6. The molecule has 0 radical (unpaired) electrons. The smallest absolute Gasteiger partial charge is 0.0829 e. The van der Waals surface area contributed by atoms with E-state index < -0.39 is 6.10 Å². The first-order valence-corrected chi connectivity index (χ1v) is 6.31. The normalized spacial score (nSPS) is 12.7. The van der Waals surface area contributed by atoms with Crippen molar-refractivity contribution in [3.8, 4) is 0 Å². The largest absolute Gasteiger partial charge is 0.388 e. The summed E-state index contributed by atoms with van der Waals surface area (Å²) in [5.41, 5.74) is 4.22. The molecule has 1 atom stereocenters. The molecule has 0 aliphatic rings. The molecule has 1 unspecified atom stereocenters. The number of benzene rings is 1. The fourth-order valence-corrected chi connectivity index (χ4v) is 2.36. The van der Waals surface area contributed by atoms with Crippen LogP contribution in [0, 0.1) is 13.8 Å². The molecule has 0 saturated heterocycles. The first-order valence-electron chi connectivity index (χ1n) is 6.31. The van der Waals surface area contributed by atoms with E-state index in [2.05, 4.69) is 17.2 Å². The summed E-state index contributed by atoms with van der Waals surface area (Å²) in [7, 11) is 1.91. The molecule has 1 heterocycles. The third-order valence-corrected chi connectivity index (χ3v) is 3.45. The number of rotatable bonds is 4. The third-order valence-electron chi connectivity index (χ3n) is 3.45. The molecule has 0 saturated carbocycles. The average molecular weight is 244 g/mol. The summed E-state index contributed by atoms with van der Waals surface area (Å²) >= 11 is 0. The molecular formula is C15H20N2O. The fourth-order valence-electron chi connectivity index (χ4n) is 2.36. The van der Waals surface area contributed by atoms with Crippen molar-refractivity contribution >= 4 is 0 Å². The van der Waals surface area contributed by atoms with Gasteiger partial charge in [-0.2, -0.15) is 5.10 Å². The maximum absolute atomic E-state index is 10.3. The number of aliphatic hydroxyl groups excluding tert-OH is 1. The van der Waals surface area contributed by atoms with Gasteiger partial charge in [-0.25, -0.2) is 0 Å². The molecule has 0 amide bonds. The Hall–Kier alpha value is -1.61. The zero-order valence-electron chi connectivity index (χ0n) is 11.2. The summed E-state index contributed by atoms with van der Waals surface area (Å²) in [5.74, 6) is 0. The Balaban J connectivity index is 2.06. The van der Waals surface area contributed by atoms with Gasteiger partial charge in [-0.05, 0) is 32.3 Å². The van der Waals surface area contributed by atoms with Gasteiger partial charge in [0, 0.05) is 18.3 Å². The maximum atomic E-state index is 10.3. The Labute approximate surface area is 108 Å². The first-order chi connectivity index (χ1) is 8.59. The molecule has 3 nitrogen and oxygen atoms in total. The van der Waals surface area contributed by atoms with Gasteiger partial charge in [0.05, 0.1) is 11.8 Å². The van der Waals surface area contributed by atoms with Crippen LogP contribution in [-0.4, -0.2) is 14.9 Å². The van der Waals surface area contributed by atoms with E-state index in [1.807, 2.05) is 43.8 Å². The Morgan fingerprint density at radius 3 is 2.44 bits per heavy atom. The highest BCUT2D eigenvalue weighted by Crippen LogP contribution is 2.24. The highest BCUT2D eigenvalue weighted by atomic mass is 16.3. The van der Waals surface area contributed by atoms with Crippen LogP contribution < -0.4 is 0 Å². The lowest BCUT2D eigenvalue weighted by atomic mass is 10.00. The van der Waals surface area contributed by atoms with E-state index in [0.717, 1.165) is 29.8 Å². The average Bonchev–Trinajstić information content (AvgIpc) is 2.62. The van der Waals surface area contributed by atoms with Gasteiger partial charge in [-0.15, -0.1) is 0 Å². The van der Waals surface area contributed by atoms with E-state index in [1.165, 1.54) is 5.56 Å². The van der Waals surface area contributed by atoms with Gasteiger partial charge in [0.15, 0.2) is 0 Å². The molecule has 0 fully saturated rings. The zero-order chi connectivity index (χ0) is 13.1. The molecule has 0 spiro atoms. The molecule has 0 aliphatic heterocycles. The third kappa shape index (κ3) is 2.62. The minimum absolute atomic E-state index is 0.432. The van der Waals surface area contributed by atoms with Crippen molar-refractivity contribution < 1.29 is 5.11 Å². The number of nitrogens with zero attached hydrogens (tertiary/aromatic N) is 2. The second kappa shape index (κ2) is 5.36. The van der Waals surface area contributed by atoms with Gasteiger partial charge in [0.25, 0.3) is 0 Å². The van der Waals surface area contributed by atoms with E-state index in [9.17, 15) is 5.11 Å². The number of aliphatic hydroxyl groups is 1. The van der Waals surface area contributed by atoms with E-state index in [1.54, 1.807) is 0 Å². The molecule has 2 aromatic rings. The monoisotopic (exact) mass is 244 g/mol. The SMILES string of the molecule is Cc1nn(C)c(C)c1C(O)CCc1ccccc1. The van der Waals surface area contributed by atoms with Crippen molar-refractivity contribution in [2.45, 2.75) is 32.8 Å². The van der Waals surface area contributed by atoms with Gasteiger partial charge in [-0.1, -0.05) is 30.3 Å². The molecule has 1 N–H and O–H groups in total. The number of aryl methyl sites for hydroxylation is 3. The molecule has 18 heavy (non-hydrogen) atoms. The summed E-state index contributed by atoms with van der Waals surface area (Å²) in [6.45, 7) is 3.95. The van der Waals surface area contributed by atoms with Crippen LogP contribution in [0.1, 0.15) is 35.0 Å². The Bertz CT molecular complexity index is 517. The van der Waals surface area contributed by atoms with E-state index in [0.29, 0.717) is 0 Å². The summed E-state index contributed by atoms with van der Waals surface area (Å²) in [6.07, 6.45) is 1.19. The highest BCUT2D eigenvalue weighted by Gasteiger charge is 2.17. The molecule has 96 valence electrons. The van der Waals surface area contributed by atoms with Crippen LogP contribution in [0.2, 0.25) is 0 Å². The van der Waals surface area contributed by atoms with Crippen molar-refractivity contribution in [2.24, 2.45) is 7.05 Å². The van der Waals surface area contributed by atoms with E-state index >= 15 is 0 Å². The van der Waals surface area contributed by atoms with Gasteiger partial charge in [-0.3, -0.25) is 4.68 Å². The van der Waals surface area contributed by atoms with Crippen LogP contribution in [0.3, 0.4) is 0 Å². The number of hydrogen-bond donors (Lipinski definition) is 1.